The number of anilines is 1. The van der Waals surface area contributed by atoms with Crippen molar-refractivity contribution >= 4 is 56.3 Å². The fourth-order valence-electron chi connectivity index (χ4n) is 4.79. The van der Waals surface area contributed by atoms with Crippen molar-refractivity contribution in [2.75, 3.05) is 4.90 Å². The van der Waals surface area contributed by atoms with Gasteiger partial charge in [0.1, 0.15) is 30.3 Å². The van der Waals surface area contributed by atoms with Crippen LogP contribution in [0, 0.1) is 0 Å². The van der Waals surface area contributed by atoms with Crippen molar-refractivity contribution in [3.63, 3.8) is 0 Å². The maximum atomic E-state index is 13.5. The number of halogens is 1. The van der Waals surface area contributed by atoms with Crippen molar-refractivity contribution < 1.29 is 23.9 Å². The zero-order chi connectivity index (χ0) is 29.8. The number of hydrogen-bond acceptors (Lipinski definition) is 5. The number of nitrogens with one attached hydrogen (secondary N) is 1. The first-order chi connectivity index (χ1) is 21.0. The molecule has 8 heteroatoms. The van der Waals surface area contributed by atoms with Gasteiger partial charge in [0.25, 0.3) is 11.8 Å². The molecule has 7 nitrogen and oxygen atoms in total. The standard InChI is InChI=1S/C35H25BrN2O5/c36-27-14-12-23(13-15-27)21-42-29-18-16-28(17-19-29)38-34(40)31(33(39)37-35(38)41)20-25-7-2-4-11-32(25)43-22-26-9-5-8-24-6-1-3-10-30(24)26/h1-20H,21-22H2,(H,37,39,41)/b31-20+. The number of amides is 4. The van der Waals surface area contributed by atoms with Crippen LogP contribution in [-0.4, -0.2) is 17.8 Å². The van der Waals surface area contributed by atoms with E-state index in [0.29, 0.717) is 36.0 Å². The molecule has 43 heavy (non-hydrogen) atoms. The molecule has 1 saturated heterocycles. The molecule has 0 saturated carbocycles. The molecule has 0 aliphatic carbocycles. The number of rotatable bonds is 8. The topological polar surface area (TPSA) is 84.9 Å². The summed E-state index contributed by atoms with van der Waals surface area (Å²) in [6, 6.07) is 34.7. The number of nitrogens with zero attached hydrogens (tertiary/aromatic N) is 1. The van der Waals surface area contributed by atoms with Gasteiger partial charge in [-0.1, -0.05) is 88.7 Å². The number of urea groups is 1. The van der Waals surface area contributed by atoms with Crippen molar-refractivity contribution in [3.05, 3.63) is 142 Å². The van der Waals surface area contributed by atoms with E-state index in [1.165, 1.54) is 6.08 Å². The Bertz CT molecular complexity index is 1860. The second-order valence-electron chi connectivity index (χ2n) is 9.83. The third kappa shape index (κ3) is 6.19. The highest BCUT2D eigenvalue weighted by Crippen LogP contribution is 2.28. The lowest BCUT2D eigenvalue weighted by molar-refractivity contribution is -0.122. The Morgan fingerprint density at radius 2 is 1.44 bits per heavy atom. The Balaban J connectivity index is 1.20. The predicted molar refractivity (Wildman–Crippen MR) is 169 cm³/mol. The number of fused-ring (bicyclic) bond motifs is 1. The first-order valence-corrected chi connectivity index (χ1v) is 14.3. The van der Waals surface area contributed by atoms with Crippen LogP contribution in [0.5, 0.6) is 11.5 Å². The third-order valence-electron chi connectivity index (χ3n) is 7.00. The number of para-hydroxylation sites is 1. The molecule has 6 rings (SSSR count). The molecule has 5 aromatic rings. The Hall–Kier alpha value is -5.21. The van der Waals surface area contributed by atoms with Gasteiger partial charge in [0.2, 0.25) is 0 Å². The molecule has 1 aliphatic heterocycles. The van der Waals surface area contributed by atoms with E-state index in [1.807, 2.05) is 72.8 Å². The lowest BCUT2D eigenvalue weighted by Gasteiger charge is -2.26. The summed E-state index contributed by atoms with van der Waals surface area (Å²) in [6.07, 6.45) is 1.45. The van der Waals surface area contributed by atoms with Gasteiger partial charge in [0.05, 0.1) is 5.69 Å². The third-order valence-corrected chi connectivity index (χ3v) is 7.53. The van der Waals surface area contributed by atoms with E-state index in [-0.39, 0.29) is 5.57 Å². The average Bonchev–Trinajstić information content (AvgIpc) is 3.03. The Labute approximate surface area is 256 Å². The van der Waals surface area contributed by atoms with E-state index in [1.54, 1.807) is 42.5 Å². The van der Waals surface area contributed by atoms with E-state index in [2.05, 4.69) is 21.2 Å². The first kappa shape index (κ1) is 27.9. The first-order valence-electron chi connectivity index (χ1n) is 13.5. The molecule has 4 amide bonds. The van der Waals surface area contributed by atoms with Crippen molar-refractivity contribution in [3.8, 4) is 11.5 Å². The van der Waals surface area contributed by atoms with Crippen LogP contribution in [0.1, 0.15) is 16.7 Å². The summed E-state index contributed by atoms with van der Waals surface area (Å²) in [5.41, 5.74) is 2.65. The van der Waals surface area contributed by atoms with Crippen LogP contribution in [0.4, 0.5) is 10.5 Å². The number of hydrogen-bond donors (Lipinski definition) is 1. The van der Waals surface area contributed by atoms with Crippen LogP contribution in [0.15, 0.2) is 125 Å². The van der Waals surface area contributed by atoms with Crippen LogP contribution in [0.3, 0.4) is 0 Å². The minimum absolute atomic E-state index is 0.184. The van der Waals surface area contributed by atoms with Gasteiger partial charge < -0.3 is 9.47 Å². The molecule has 5 aromatic carbocycles. The molecular weight excluding hydrogens is 608 g/mol. The number of benzene rings is 5. The summed E-state index contributed by atoms with van der Waals surface area (Å²) < 4.78 is 13.0. The van der Waals surface area contributed by atoms with Gasteiger partial charge in [-0.05, 0) is 70.4 Å². The number of barbiturate groups is 1. The highest BCUT2D eigenvalue weighted by Gasteiger charge is 2.37. The fourth-order valence-corrected chi connectivity index (χ4v) is 5.06. The predicted octanol–water partition coefficient (Wildman–Crippen LogP) is 7.43. The quantitative estimate of drug-likeness (QED) is 0.142. The molecule has 0 unspecified atom stereocenters. The summed E-state index contributed by atoms with van der Waals surface area (Å²) in [5.74, 6) is -0.439. The molecule has 0 bridgehead atoms. The average molecular weight is 633 g/mol. The fraction of sp³-hybridized carbons (Fsp3) is 0.0571. The number of imide groups is 2. The van der Waals surface area contributed by atoms with E-state index in [4.69, 9.17) is 9.47 Å². The highest BCUT2D eigenvalue weighted by atomic mass is 79.9. The highest BCUT2D eigenvalue weighted by molar-refractivity contribution is 9.10. The van der Waals surface area contributed by atoms with Gasteiger partial charge in [-0.3, -0.25) is 14.9 Å². The maximum Gasteiger partial charge on any atom is 0.335 e. The SMILES string of the molecule is O=C1NC(=O)N(c2ccc(OCc3ccc(Br)cc3)cc2)C(=O)/C1=C/c1ccccc1OCc1cccc2ccccc12. The van der Waals surface area contributed by atoms with Crippen molar-refractivity contribution in [2.45, 2.75) is 13.2 Å². The van der Waals surface area contributed by atoms with Gasteiger partial charge in [-0.25, -0.2) is 9.69 Å². The monoisotopic (exact) mass is 632 g/mol. The normalized spacial score (nSPS) is 14.2. The molecular formula is C35H25BrN2O5. The molecule has 0 spiro atoms. The molecule has 1 N–H and O–H groups in total. The van der Waals surface area contributed by atoms with Gasteiger partial charge in [-0.15, -0.1) is 0 Å². The zero-order valence-electron chi connectivity index (χ0n) is 22.8. The van der Waals surface area contributed by atoms with E-state index in [0.717, 1.165) is 31.3 Å². The minimum Gasteiger partial charge on any atom is -0.489 e. The van der Waals surface area contributed by atoms with Gasteiger partial charge in [-0.2, -0.15) is 0 Å². The second-order valence-corrected chi connectivity index (χ2v) is 10.7. The van der Waals surface area contributed by atoms with Crippen molar-refractivity contribution in [1.82, 2.24) is 5.32 Å². The second kappa shape index (κ2) is 12.3. The smallest absolute Gasteiger partial charge is 0.335 e. The van der Waals surface area contributed by atoms with Gasteiger partial charge >= 0.3 is 6.03 Å². The largest absolute Gasteiger partial charge is 0.489 e. The Kier molecular flexibility index (Phi) is 8.02. The minimum atomic E-state index is -0.823. The van der Waals surface area contributed by atoms with Crippen LogP contribution >= 0.6 is 15.9 Å². The summed E-state index contributed by atoms with van der Waals surface area (Å²) in [6.45, 7) is 0.654. The molecule has 212 valence electrons. The van der Waals surface area contributed by atoms with Gasteiger partial charge in [0.15, 0.2) is 0 Å². The number of carbonyl (C=O) groups excluding carboxylic acids is 3. The Morgan fingerprint density at radius 1 is 0.721 bits per heavy atom. The van der Waals surface area contributed by atoms with E-state index < -0.39 is 17.8 Å². The lowest BCUT2D eigenvalue weighted by atomic mass is 10.0. The maximum absolute atomic E-state index is 13.5. The zero-order valence-corrected chi connectivity index (χ0v) is 24.4. The van der Waals surface area contributed by atoms with Crippen LogP contribution in [-0.2, 0) is 22.8 Å². The summed E-state index contributed by atoms with van der Waals surface area (Å²) >= 11 is 3.41. The molecule has 1 aliphatic rings. The van der Waals surface area contributed by atoms with Gasteiger partial charge in [0, 0.05) is 10.0 Å². The molecule has 1 heterocycles. The molecule has 0 radical (unpaired) electrons. The van der Waals surface area contributed by atoms with Crippen LogP contribution < -0.4 is 19.7 Å². The summed E-state index contributed by atoms with van der Waals surface area (Å²) in [7, 11) is 0. The number of carbonyl (C=O) groups is 3. The molecule has 0 aromatic heterocycles. The molecule has 1 fully saturated rings. The van der Waals surface area contributed by atoms with E-state index >= 15 is 0 Å². The van der Waals surface area contributed by atoms with Crippen LogP contribution in [0.2, 0.25) is 0 Å². The Morgan fingerprint density at radius 3 is 2.26 bits per heavy atom. The van der Waals surface area contributed by atoms with Crippen LogP contribution in [0.25, 0.3) is 16.8 Å². The van der Waals surface area contributed by atoms with Crippen molar-refractivity contribution in [2.24, 2.45) is 0 Å². The number of ether oxygens (including phenoxy) is 2. The van der Waals surface area contributed by atoms with E-state index in [9.17, 15) is 14.4 Å². The van der Waals surface area contributed by atoms with Crippen molar-refractivity contribution in [1.29, 1.82) is 0 Å². The molecule has 0 atom stereocenters. The summed E-state index contributed by atoms with van der Waals surface area (Å²) in [5, 5.41) is 4.47. The lowest BCUT2D eigenvalue weighted by Crippen LogP contribution is -2.54. The summed E-state index contributed by atoms with van der Waals surface area (Å²) in [4.78, 5) is 40.0.